The molecule has 192 valence electrons. The smallest absolute Gasteiger partial charge is 0.334 e. The summed E-state index contributed by atoms with van der Waals surface area (Å²) in [4.78, 5) is 66.9. The molecule has 5 N–H and O–H groups in total. The van der Waals surface area contributed by atoms with Crippen LogP contribution in [0, 0.1) is 5.92 Å². The van der Waals surface area contributed by atoms with Crippen LogP contribution < -0.4 is 16.8 Å². The third-order valence-corrected chi connectivity index (χ3v) is 9.13. The molecule has 0 aromatic heterocycles. The first kappa shape index (κ1) is 24.9. The van der Waals surface area contributed by atoms with Crippen molar-refractivity contribution in [2.24, 2.45) is 17.4 Å². The fourth-order valence-electron chi connectivity index (χ4n) is 5.40. The molecule has 1 saturated carbocycles. The monoisotopic (exact) mass is 510 g/mol. The Hall–Kier alpha value is -3.16. The van der Waals surface area contributed by atoms with Gasteiger partial charge in [-0.3, -0.25) is 29.5 Å². The van der Waals surface area contributed by atoms with Crippen LogP contribution in [0.15, 0.2) is 11.4 Å². The molecule has 13 nitrogen and oxygen atoms in total. The summed E-state index contributed by atoms with van der Waals surface area (Å²) < 4.78 is 23.5. The molecular formula is C21H30N6O7S. The van der Waals surface area contributed by atoms with Crippen molar-refractivity contribution in [1.82, 2.24) is 20.0 Å². The molecule has 0 bridgehead atoms. The number of amides is 7. The van der Waals surface area contributed by atoms with E-state index in [1.165, 1.54) is 4.90 Å². The molecule has 1 spiro atoms. The van der Waals surface area contributed by atoms with Crippen LogP contribution in [0.5, 0.6) is 0 Å². The van der Waals surface area contributed by atoms with Crippen LogP contribution in [0.2, 0.25) is 0 Å². The number of nitrogens with two attached hydrogens (primary N) is 2. The first-order valence-corrected chi connectivity index (χ1v) is 13.5. The van der Waals surface area contributed by atoms with Gasteiger partial charge in [0.05, 0.1) is 11.5 Å². The van der Waals surface area contributed by atoms with Crippen molar-refractivity contribution >= 4 is 39.6 Å². The molecule has 0 unspecified atom stereocenters. The Morgan fingerprint density at radius 3 is 2.20 bits per heavy atom. The third-order valence-electron chi connectivity index (χ3n) is 7.30. The van der Waals surface area contributed by atoms with Gasteiger partial charge in [0.1, 0.15) is 11.4 Å². The molecule has 3 aliphatic heterocycles. The number of carbonyl (C=O) groups excluding carboxylic acids is 5. The Balaban J connectivity index is 1.46. The Morgan fingerprint density at radius 2 is 1.66 bits per heavy atom. The van der Waals surface area contributed by atoms with Crippen LogP contribution in [0.4, 0.5) is 9.59 Å². The van der Waals surface area contributed by atoms with Crippen molar-refractivity contribution in [3.8, 4) is 0 Å². The topological polar surface area (TPSA) is 193 Å². The standard InChI is InChI=1S/C21H30N6O7S/c1-2-3-8-25-16(28)14(15(22)23)17(29)27(20(25)32)13-6-4-12(5-7-13)9-26-19(31)24-18(30)21(26)10-35(33,34)11-21/h12-13H,2-11,22-23H2,1H3,(H,24,30,31). The van der Waals surface area contributed by atoms with Crippen LogP contribution in [0.3, 0.4) is 0 Å². The largest absolute Gasteiger partial charge is 0.385 e. The second kappa shape index (κ2) is 8.81. The van der Waals surface area contributed by atoms with E-state index in [1.807, 2.05) is 6.92 Å². The van der Waals surface area contributed by atoms with Gasteiger partial charge in [0.2, 0.25) is 0 Å². The Kier molecular flexibility index (Phi) is 6.28. The number of nitrogens with zero attached hydrogens (tertiary/aromatic N) is 3. The fraction of sp³-hybridized carbons (Fsp3) is 0.667. The molecule has 7 amide bonds. The van der Waals surface area contributed by atoms with Gasteiger partial charge >= 0.3 is 12.1 Å². The highest BCUT2D eigenvalue weighted by Gasteiger charge is 2.64. The molecule has 4 aliphatic rings. The number of hydrogen-bond acceptors (Lipinski definition) is 9. The minimum absolute atomic E-state index is 0.0505. The van der Waals surface area contributed by atoms with E-state index in [9.17, 15) is 32.4 Å². The first-order valence-electron chi connectivity index (χ1n) is 11.7. The second-order valence-electron chi connectivity index (χ2n) is 9.71. The van der Waals surface area contributed by atoms with Gasteiger partial charge in [-0.1, -0.05) is 13.3 Å². The number of hydrogen-bond donors (Lipinski definition) is 3. The van der Waals surface area contributed by atoms with Gasteiger partial charge in [-0.15, -0.1) is 0 Å². The lowest BCUT2D eigenvalue weighted by Gasteiger charge is -2.44. The minimum atomic E-state index is -3.36. The van der Waals surface area contributed by atoms with Gasteiger partial charge in [0.25, 0.3) is 17.7 Å². The van der Waals surface area contributed by atoms with Gasteiger partial charge < -0.3 is 16.4 Å². The van der Waals surface area contributed by atoms with Gasteiger partial charge in [-0.05, 0) is 38.0 Å². The Labute approximate surface area is 202 Å². The number of urea groups is 2. The highest BCUT2D eigenvalue weighted by molar-refractivity contribution is 7.93. The lowest BCUT2D eigenvalue weighted by Crippen LogP contribution is -2.67. The van der Waals surface area contributed by atoms with Crippen molar-refractivity contribution in [3.05, 3.63) is 11.4 Å². The van der Waals surface area contributed by atoms with E-state index >= 15 is 0 Å². The molecule has 0 radical (unpaired) electrons. The highest BCUT2D eigenvalue weighted by Crippen LogP contribution is 2.38. The molecule has 0 aromatic rings. The number of barbiturate groups is 1. The maximum atomic E-state index is 13.1. The highest BCUT2D eigenvalue weighted by atomic mass is 32.2. The van der Waals surface area contributed by atoms with Crippen LogP contribution >= 0.6 is 0 Å². The molecule has 3 saturated heterocycles. The van der Waals surface area contributed by atoms with E-state index < -0.39 is 62.6 Å². The zero-order chi connectivity index (χ0) is 25.7. The molecule has 14 heteroatoms. The number of imide groups is 3. The van der Waals surface area contributed by atoms with Crippen molar-refractivity contribution in [2.45, 2.75) is 57.0 Å². The summed E-state index contributed by atoms with van der Waals surface area (Å²) in [7, 11) is -3.36. The van der Waals surface area contributed by atoms with E-state index in [0.29, 0.717) is 32.1 Å². The fourth-order valence-corrected chi connectivity index (χ4v) is 7.35. The lowest BCUT2D eigenvalue weighted by atomic mass is 9.84. The van der Waals surface area contributed by atoms with E-state index in [2.05, 4.69) is 5.32 Å². The maximum absolute atomic E-state index is 13.1. The molecule has 35 heavy (non-hydrogen) atoms. The van der Waals surface area contributed by atoms with E-state index in [1.54, 1.807) is 0 Å². The van der Waals surface area contributed by atoms with Gasteiger partial charge in [0, 0.05) is 19.1 Å². The molecule has 0 atom stereocenters. The van der Waals surface area contributed by atoms with Crippen LogP contribution in [-0.4, -0.2) is 89.1 Å². The molecule has 3 heterocycles. The summed E-state index contributed by atoms with van der Waals surface area (Å²) >= 11 is 0. The maximum Gasteiger partial charge on any atom is 0.334 e. The predicted molar refractivity (Wildman–Crippen MR) is 122 cm³/mol. The van der Waals surface area contributed by atoms with E-state index in [-0.39, 0.29) is 30.5 Å². The van der Waals surface area contributed by atoms with Crippen molar-refractivity contribution in [1.29, 1.82) is 0 Å². The summed E-state index contributed by atoms with van der Waals surface area (Å²) in [5, 5.41) is 2.22. The molecule has 1 aliphatic carbocycles. The third kappa shape index (κ3) is 4.13. The van der Waals surface area contributed by atoms with Gasteiger partial charge in [0.15, 0.2) is 15.4 Å². The van der Waals surface area contributed by atoms with Gasteiger partial charge in [-0.2, -0.15) is 0 Å². The summed E-state index contributed by atoms with van der Waals surface area (Å²) in [5.74, 6) is -3.44. The molecular weight excluding hydrogens is 480 g/mol. The lowest BCUT2D eigenvalue weighted by molar-refractivity contribution is -0.138. The van der Waals surface area contributed by atoms with Crippen molar-refractivity contribution < 1.29 is 32.4 Å². The SMILES string of the molecule is CCCCN1C(=O)C(=C(N)N)C(=O)N(C2CCC(CN3C(=O)NC(=O)C34CS(=O)(=O)C4)CC2)C1=O. The summed E-state index contributed by atoms with van der Waals surface area (Å²) in [6, 6.07) is -1.78. The minimum Gasteiger partial charge on any atom is -0.385 e. The number of carbonyl (C=O) groups is 5. The Morgan fingerprint density at radius 1 is 1.03 bits per heavy atom. The van der Waals surface area contributed by atoms with Crippen molar-refractivity contribution in [2.75, 3.05) is 24.6 Å². The predicted octanol–water partition coefficient (Wildman–Crippen LogP) is -1.02. The Bertz CT molecular complexity index is 1110. The second-order valence-corrected chi connectivity index (χ2v) is 11.8. The average Bonchev–Trinajstić information content (AvgIpc) is 2.98. The number of rotatable bonds is 6. The van der Waals surface area contributed by atoms with Crippen LogP contribution in [0.25, 0.3) is 0 Å². The number of unbranched alkanes of at least 4 members (excludes halogenated alkanes) is 1. The summed E-state index contributed by atoms with van der Waals surface area (Å²) in [6.45, 7) is 2.26. The van der Waals surface area contributed by atoms with Crippen LogP contribution in [-0.2, 0) is 24.2 Å². The summed E-state index contributed by atoms with van der Waals surface area (Å²) in [6.07, 6.45) is 3.21. The quantitative estimate of drug-likeness (QED) is 0.228. The molecule has 4 fully saturated rings. The van der Waals surface area contributed by atoms with Crippen LogP contribution in [0.1, 0.15) is 45.4 Å². The zero-order valence-corrected chi connectivity index (χ0v) is 20.3. The van der Waals surface area contributed by atoms with E-state index in [4.69, 9.17) is 11.5 Å². The molecule has 0 aromatic carbocycles. The normalized spacial score (nSPS) is 28.0. The van der Waals surface area contributed by atoms with Crippen molar-refractivity contribution in [3.63, 3.8) is 0 Å². The molecule has 4 rings (SSSR count). The zero-order valence-electron chi connectivity index (χ0n) is 19.5. The van der Waals surface area contributed by atoms with Gasteiger partial charge in [-0.25, -0.2) is 18.0 Å². The number of sulfone groups is 1. The number of nitrogens with one attached hydrogen (secondary N) is 1. The van der Waals surface area contributed by atoms with E-state index in [0.717, 1.165) is 16.2 Å². The first-order chi connectivity index (χ1) is 16.4. The average molecular weight is 511 g/mol. The summed E-state index contributed by atoms with van der Waals surface area (Å²) in [5.41, 5.74) is 9.49.